The predicted molar refractivity (Wildman–Crippen MR) is 55.5 cm³/mol. The van der Waals surface area contributed by atoms with E-state index in [1.54, 1.807) is 0 Å². The Hall–Kier alpha value is -0.550. The minimum Gasteiger partial charge on any atom is -0.317 e. The first kappa shape index (κ1) is 10.5. The Balaban J connectivity index is 2.48. The second-order valence-corrected chi connectivity index (χ2v) is 4.97. The first-order valence-electron chi connectivity index (χ1n) is 5.12. The normalized spacial score (nSPS) is 25.5. The highest BCUT2D eigenvalue weighted by molar-refractivity contribution is 4.84. The molecule has 0 saturated carbocycles. The monoisotopic (exact) mass is 180 g/mol. The molecular weight excluding hydrogens is 160 g/mol. The van der Waals surface area contributed by atoms with Crippen LogP contribution >= 0.6 is 0 Å². The average Bonchev–Trinajstić information content (AvgIpc) is 2.04. The summed E-state index contributed by atoms with van der Waals surface area (Å²) in [5.74, 6) is 0.616. The molecule has 0 spiro atoms. The van der Waals surface area contributed by atoms with Gasteiger partial charge in [0.2, 0.25) is 6.54 Å². The second kappa shape index (κ2) is 4.11. The summed E-state index contributed by atoms with van der Waals surface area (Å²) in [5, 5.41) is 0. The van der Waals surface area contributed by atoms with E-state index in [9.17, 15) is 0 Å². The van der Waals surface area contributed by atoms with E-state index < -0.39 is 0 Å². The smallest absolute Gasteiger partial charge is 0.218 e. The summed E-state index contributed by atoms with van der Waals surface area (Å²) in [6, 6.07) is 0. The molecule has 0 bridgehead atoms. The van der Waals surface area contributed by atoms with Crippen LogP contribution in [0.5, 0.6) is 0 Å². The summed E-state index contributed by atoms with van der Waals surface area (Å²) in [4.78, 5) is 6.01. The lowest BCUT2D eigenvalue weighted by molar-refractivity contribution is 0.0835. The minimum atomic E-state index is 0.278. The van der Waals surface area contributed by atoms with E-state index in [-0.39, 0.29) is 5.54 Å². The predicted octanol–water partition coefficient (Wildman–Crippen LogP) is 2.42. The van der Waals surface area contributed by atoms with Crippen molar-refractivity contribution in [1.82, 2.24) is 4.90 Å². The number of rotatable bonds is 1. The standard InChI is InChI=1S/C11H20N2/c1-11(2,3)13-7-5-6-10(9-13)8-12-4/h10H,5-9H2,1-3H3. The van der Waals surface area contributed by atoms with Crippen molar-refractivity contribution in [2.75, 3.05) is 19.6 Å². The fraction of sp³-hybridized carbons (Fsp3) is 0.909. The van der Waals surface area contributed by atoms with Crippen LogP contribution in [-0.4, -0.2) is 30.1 Å². The SMILES string of the molecule is [C-]#[N+]CC1CCCN(C(C)(C)C)C1. The maximum atomic E-state index is 6.87. The van der Waals surface area contributed by atoms with Gasteiger partial charge in [-0.05, 0) is 40.2 Å². The van der Waals surface area contributed by atoms with Crippen molar-refractivity contribution in [3.63, 3.8) is 0 Å². The average molecular weight is 180 g/mol. The third-order valence-electron chi connectivity index (χ3n) is 2.82. The highest BCUT2D eigenvalue weighted by atomic mass is 15.2. The molecule has 1 aliphatic heterocycles. The lowest BCUT2D eigenvalue weighted by atomic mass is 9.93. The Morgan fingerprint density at radius 2 is 2.15 bits per heavy atom. The molecule has 1 saturated heterocycles. The van der Waals surface area contributed by atoms with E-state index in [0.717, 1.165) is 6.54 Å². The topological polar surface area (TPSA) is 7.60 Å². The van der Waals surface area contributed by atoms with Crippen molar-refractivity contribution in [2.24, 2.45) is 5.92 Å². The summed E-state index contributed by atoms with van der Waals surface area (Å²) >= 11 is 0. The van der Waals surface area contributed by atoms with Crippen molar-refractivity contribution < 1.29 is 0 Å². The molecule has 1 aliphatic rings. The molecule has 0 amide bonds. The quantitative estimate of drug-likeness (QED) is 0.562. The molecule has 0 aromatic rings. The fourth-order valence-corrected chi connectivity index (χ4v) is 1.95. The molecule has 1 rings (SSSR count). The first-order valence-corrected chi connectivity index (χ1v) is 5.12. The van der Waals surface area contributed by atoms with E-state index in [1.165, 1.54) is 19.4 Å². The van der Waals surface area contributed by atoms with Gasteiger partial charge in [0.25, 0.3) is 0 Å². The van der Waals surface area contributed by atoms with Crippen molar-refractivity contribution in [3.8, 4) is 0 Å². The zero-order chi connectivity index (χ0) is 9.90. The molecule has 2 nitrogen and oxygen atoms in total. The van der Waals surface area contributed by atoms with E-state index >= 15 is 0 Å². The van der Waals surface area contributed by atoms with Crippen molar-refractivity contribution in [3.05, 3.63) is 11.4 Å². The second-order valence-electron chi connectivity index (χ2n) is 4.97. The lowest BCUT2D eigenvalue weighted by Gasteiger charge is -2.40. The van der Waals surface area contributed by atoms with Crippen LogP contribution in [0.2, 0.25) is 0 Å². The zero-order valence-electron chi connectivity index (χ0n) is 9.01. The summed E-state index contributed by atoms with van der Waals surface area (Å²) < 4.78 is 0. The molecule has 13 heavy (non-hydrogen) atoms. The maximum absolute atomic E-state index is 6.87. The largest absolute Gasteiger partial charge is 0.317 e. The molecule has 0 aromatic carbocycles. The third kappa shape index (κ3) is 3.00. The van der Waals surface area contributed by atoms with Crippen LogP contribution in [-0.2, 0) is 0 Å². The molecule has 0 N–H and O–H groups in total. The van der Waals surface area contributed by atoms with E-state index in [0.29, 0.717) is 12.5 Å². The van der Waals surface area contributed by atoms with Crippen LogP contribution < -0.4 is 0 Å². The van der Waals surface area contributed by atoms with Gasteiger partial charge in [-0.3, -0.25) is 4.90 Å². The van der Waals surface area contributed by atoms with Gasteiger partial charge < -0.3 is 4.85 Å². The molecule has 1 fully saturated rings. The Labute approximate surface area is 81.7 Å². The molecule has 0 aromatic heterocycles. The van der Waals surface area contributed by atoms with Crippen molar-refractivity contribution >= 4 is 0 Å². The molecular formula is C11H20N2. The highest BCUT2D eigenvalue weighted by Gasteiger charge is 2.28. The molecule has 2 heteroatoms. The summed E-state index contributed by atoms with van der Waals surface area (Å²) in [5.41, 5.74) is 0.278. The van der Waals surface area contributed by atoms with Crippen LogP contribution in [0.3, 0.4) is 0 Å². The van der Waals surface area contributed by atoms with E-state index in [4.69, 9.17) is 6.57 Å². The third-order valence-corrected chi connectivity index (χ3v) is 2.82. The Morgan fingerprint density at radius 1 is 1.46 bits per heavy atom. The number of likely N-dealkylation sites (tertiary alicyclic amines) is 1. The van der Waals surface area contributed by atoms with Crippen molar-refractivity contribution in [2.45, 2.75) is 39.2 Å². The molecule has 0 aliphatic carbocycles. The minimum absolute atomic E-state index is 0.278. The van der Waals surface area contributed by atoms with Gasteiger partial charge in [0, 0.05) is 18.0 Å². The Kier molecular flexibility index (Phi) is 3.33. The van der Waals surface area contributed by atoms with Gasteiger partial charge >= 0.3 is 0 Å². The van der Waals surface area contributed by atoms with E-state index in [2.05, 4.69) is 30.5 Å². The fourth-order valence-electron chi connectivity index (χ4n) is 1.95. The van der Waals surface area contributed by atoms with Crippen LogP contribution in [0.4, 0.5) is 0 Å². The summed E-state index contributed by atoms with van der Waals surface area (Å²) in [6.07, 6.45) is 2.51. The van der Waals surface area contributed by atoms with Gasteiger partial charge in [-0.15, -0.1) is 0 Å². The number of hydrogen-bond acceptors (Lipinski definition) is 1. The van der Waals surface area contributed by atoms with Gasteiger partial charge in [0.05, 0.1) is 0 Å². The maximum Gasteiger partial charge on any atom is 0.218 e. The first-order chi connectivity index (χ1) is 6.04. The Morgan fingerprint density at radius 3 is 2.69 bits per heavy atom. The number of hydrogen-bond donors (Lipinski definition) is 0. The Bertz CT molecular complexity index is 197. The number of piperidine rings is 1. The molecule has 1 unspecified atom stereocenters. The molecule has 74 valence electrons. The highest BCUT2D eigenvalue weighted by Crippen LogP contribution is 2.23. The van der Waals surface area contributed by atoms with Crippen LogP contribution in [0.1, 0.15) is 33.6 Å². The zero-order valence-corrected chi connectivity index (χ0v) is 9.01. The van der Waals surface area contributed by atoms with Crippen LogP contribution in [0, 0.1) is 12.5 Å². The van der Waals surface area contributed by atoms with Gasteiger partial charge in [0.15, 0.2) is 0 Å². The van der Waals surface area contributed by atoms with Crippen LogP contribution in [0.25, 0.3) is 4.85 Å². The van der Waals surface area contributed by atoms with Gasteiger partial charge in [-0.2, -0.15) is 0 Å². The van der Waals surface area contributed by atoms with Gasteiger partial charge in [-0.25, -0.2) is 6.57 Å². The molecule has 1 heterocycles. The van der Waals surface area contributed by atoms with Crippen LogP contribution in [0.15, 0.2) is 0 Å². The molecule has 1 atom stereocenters. The van der Waals surface area contributed by atoms with Gasteiger partial charge in [-0.1, -0.05) is 0 Å². The van der Waals surface area contributed by atoms with E-state index in [1.807, 2.05) is 0 Å². The summed E-state index contributed by atoms with van der Waals surface area (Å²) in [6.45, 7) is 16.7. The van der Waals surface area contributed by atoms with Gasteiger partial charge in [0.1, 0.15) is 0 Å². The lowest BCUT2D eigenvalue weighted by Crippen LogP contribution is -2.47. The van der Waals surface area contributed by atoms with Crippen molar-refractivity contribution in [1.29, 1.82) is 0 Å². The number of nitrogens with zero attached hydrogens (tertiary/aromatic N) is 2. The molecule has 0 radical (unpaired) electrons. The summed E-state index contributed by atoms with van der Waals surface area (Å²) in [7, 11) is 0.